The van der Waals surface area contributed by atoms with Gasteiger partial charge < -0.3 is 15.3 Å². The summed E-state index contributed by atoms with van der Waals surface area (Å²) in [5.74, 6) is 1.16. The molecular weight excluding hydrogens is 284 g/mol. The quantitative estimate of drug-likeness (QED) is 0.753. The predicted octanol–water partition coefficient (Wildman–Crippen LogP) is 3.71. The molecule has 0 unspecified atom stereocenters. The molecule has 3 nitrogen and oxygen atoms in total. The van der Waals surface area contributed by atoms with E-state index in [1.165, 1.54) is 5.56 Å². The molecule has 0 heterocycles. The van der Waals surface area contributed by atoms with E-state index in [0.29, 0.717) is 17.6 Å². The maximum absolute atomic E-state index is 10.4. The molecule has 0 saturated carbocycles. The monoisotopic (exact) mass is 314 g/mol. The number of phenols is 1. The largest absolute Gasteiger partial charge is 0.507 e. The van der Waals surface area contributed by atoms with Gasteiger partial charge in [-0.1, -0.05) is 39.8 Å². The van der Waals surface area contributed by atoms with Gasteiger partial charge in [0, 0.05) is 19.6 Å². The maximum Gasteiger partial charge on any atom is 0.122 e. The molecule has 0 saturated heterocycles. The van der Waals surface area contributed by atoms with Crippen LogP contribution in [0.5, 0.6) is 5.75 Å². The lowest BCUT2D eigenvalue weighted by molar-refractivity contribution is 0.400. The van der Waals surface area contributed by atoms with Gasteiger partial charge in [0.2, 0.25) is 0 Å². The number of halogens is 1. The third-order valence-electron chi connectivity index (χ3n) is 3.54. The highest BCUT2D eigenvalue weighted by atomic mass is 35.5. The summed E-state index contributed by atoms with van der Waals surface area (Å²) in [6.45, 7) is 11.4. The molecule has 0 spiro atoms. The van der Waals surface area contributed by atoms with Gasteiger partial charge in [-0.15, -0.1) is 12.4 Å². The van der Waals surface area contributed by atoms with Crippen molar-refractivity contribution in [1.29, 1.82) is 0 Å². The molecule has 0 aliphatic heterocycles. The van der Waals surface area contributed by atoms with Crippen molar-refractivity contribution in [3.63, 3.8) is 0 Å². The summed E-state index contributed by atoms with van der Waals surface area (Å²) in [6.07, 6.45) is 0. The van der Waals surface area contributed by atoms with Gasteiger partial charge in [0.15, 0.2) is 0 Å². The van der Waals surface area contributed by atoms with Crippen molar-refractivity contribution < 1.29 is 5.11 Å². The van der Waals surface area contributed by atoms with E-state index in [-0.39, 0.29) is 12.4 Å². The first kappa shape index (κ1) is 20.2. The number of nitrogens with one attached hydrogen (secondary N) is 1. The zero-order valence-corrected chi connectivity index (χ0v) is 15.0. The Hall–Kier alpha value is -0.770. The summed E-state index contributed by atoms with van der Waals surface area (Å²) in [6, 6.07) is 4.27. The second-order valence-corrected chi connectivity index (χ2v) is 6.41. The van der Waals surface area contributed by atoms with Gasteiger partial charge in [0.05, 0.1) is 0 Å². The Balaban J connectivity index is 0.00000400. The summed E-state index contributed by atoms with van der Waals surface area (Å²) >= 11 is 0. The van der Waals surface area contributed by atoms with E-state index in [4.69, 9.17) is 0 Å². The number of phenolic OH excluding ortho intramolecular Hbond substituents is 1. The molecule has 21 heavy (non-hydrogen) atoms. The van der Waals surface area contributed by atoms with Crippen LogP contribution in [-0.4, -0.2) is 37.2 Å². The molecule has 122 valence electrons. The van der Waals surface area contributed by atoms with Crippen molar-refractivity contribution in [2.24, 2.45) is 0 Å². The summed E-state index contributed by atoms with van der Waals surface area (Å²) in [5, 5.41) is 13.8. The van der Waals surface area contributed by atoms with E-state index in [0.717, 1.165) is 30.8 Å². The molecule has 1 aromatic carbocycles. The second kappa shape index (κ2) is 9.29. The average molecular weight is 315 g/mol. The number of hydrogen-bond donors (Lipinski definition) is 2. The third kappa shape index (κ3) is 6.25. The van der Waals surface area contributed by atoms with E-state index >= 15 is 0 Å². The standard InChI is InChI=1S/C17H30N2O.ClH/c1-12(2)15-9-14(11-18-7-8-19(5)6)10-16(13(3)4)17(15)20;/h9-10,12-13,18,20H,7-8,11H2,1-6H3;1H. The molecule has 0 amide bonds. The van der Waals surface area contributed by atoms with Crippen LogP contribution in [0, 0.1) is 0 Å². The summed E-state index contributed by atoms with van der Waals surface area (Å²) in [7, 11) is 4.16. The molecule has 1 aromatic rings. The van der Waals surface area contributed by atoms with Crippen LogP contribution in [0.1, 0.15) is 56.2 Å². The molecule has 0 aromatic heterocycles. The number of nitrogens with zero attached hydrogens (tertiary/aromatic N) is 1. The van der Waals surface area contributed by atoms with E-state index in [1.807, 2.05) is 0 Å². The van der Waals surface area contributed by atoms with Gasteiger partial charge in [-0.25, -0.2) is 0 Å². The Labute approximate surface area is 136 Å². The smallest absolute Gasteiger partial charge is 0.122 e. The van der Waals surface area contributed by atoms with E-state index < -0.39 is 0 Å². The minimum Gasteiger partial charge on any atom is -0.507 e. The highest BCUT2D eigenvalue weighted by Crippen LogP contribution is 2.34. The minimum absolute atomic E-state index is 0. The highest BCUT2D eigenvalue weighted by molar-refractivity contribution is 5.85. The molecule has 0 bridgehead atoms. The molecule has 0 aliphatic rings. The number of hydrogen-bond acceptors (Lipinski definition) is 3. The Bertz CT molecular complexity index is 402. The molecular formula is C17H31ClN2O. The zero-order chi connectivity index (χ0) is 15.3. The van der Waals surface area contributed by atoms with Crippen molar-refractivity contribution in [2.45, 2.75) is 46.1 Å². The Kier molecular flexibility index (Phi) is 8.95. The number of benzene rings is 1. The maximum atomic E-state index is 10.4. The fraction of sp³-hybridized carbons (Fsp3) is 0.647. The molecule has 1 rings (SSSR count). The van der Waals surface area contributed by atoms with Gasteiger partial charge in [0.25, 0.3) is 0 Å². The van der Waals surface area contributed by atoms with Crippen LogP contribution in [0.4, 0.5) is 0 Å². The molecule has 0 fully saturated rings. The van der Waals surface area contributed by atoms with Crippen LogP contribution < -0.4 is 5.32 Å². The predicted molar refractivity (Wildman–Crippen MR) is 93.8 cm³/mol. The van der Waals surface area contributed by atoms with Crippen LogP contribution in [0.3, 0.4) is 0 Å². The lowest BCUT2D eigenvalue weighted by Gasteiger charge is -2.18. The highest BCUT2D eigenvalue weighted by Gasteiger charge is 2.14. The van der Waals surface area contributed by atoms with Gasteiger partial charge in [-0.05, 0) is 42.6 Å². The minimum atomic E-state index is 0. The first-order chi connectivity index (χ1) is 9.32. The van der Waals surface area contributed by atoms with Crippen molar-refractivity contribution in [1.82, 2.24) is 10.2 Å². The average Bonchev–Trinajstić information content (AvgIpc) is 2.35. The van der Waals surface area contributed by atoms with Crippen LogP contribution in [0.15, 0.2) is 12.1 Å². The Morgan fingerprint density at radius 3 is 1.90 bits per heavy atom. The SMILES string of the molecule is CC(C)c1cc(CNCCN(C)C)cc(C(C)C)c1O.Cl. The van der Waals surface area contributed by atoms with Crippen molar-refractivity contribution in [2.75, 3.05) is 27.2 Å². The second-order valence-electron chi connectivity index (χ2n) is 6.41. The molecule has 2 N–H and O–H groups in total. The van der Waals surface area contributed by atoms with Crippen LogP contribution in [0.25, 0.3) is 0 Å². The number of rotatable bonds is 7. The number of aromatic hydroxyl groups is 1. The van der Waals surface area contributed by atoms with Crippen molar-refractivity contribution in [3.8, 4) is 5.75 Å². The lowest BCUT2D eigenvalue weighted by Crippen LogP contribution is -2.26. The summed E-state index contributed by atoms with van der Waals surface area (Å²) < 4.78 is 0. The van der Waals surface area contributed by atoms with Crippen LogP contribution in [-0.2, 0) is 6.54 Å². The third-order valence-corrected chi connectivity index (χ3v) is 3.54. The van der Waals surface area contributed by atoms with E-state index in [9.17, 15) is 5.11 Å². The first-order valence-electron chi connectivity index (χ1n) is 7.54. The summed E-state index contributed by atoms with van der Waals surface area (Å²) in [4.78, 5) is 2.17. The lowest BCUT2D eigenvalue weighted by atomic mass is 9.91. The van der Waals surface area contributed by atoms with Gasteiger partial charge in [-0.2, -0.15) is 0 Å². The van der Waals surface area contributed by atoms with Gasteiger partial charge in [-0.3, -0.25) is 0 Å². The van der Waals surface area contributed by atoms with Crippen molar-refractivity contribution in [3.05, 3.63) is 28.8 Å². The topological polar surface area (TPSA) is 35.5 Å². The van der Waals surface area contributed by atoms with Gasteiger partial charge in [0.1, 0.15) is 5.75 Å². The van der Waals surface area contributed by atoms with Crippen LogP contribution in [0.2, 0.25) is 0 Å². The summed E-state index contributed by atoms with van der Waals surface area (Å²) in [5.41, 5.74) is 3.37. The fourth-order valence-electron chi connectivity index (χ4n) is 2.26. The van der Waals surface area contributed by atoms with E-state index in [1.54, 1.807) is 0 Å². The fourth-order valence-corrected chi connectivity index (χ4v) is 2.26. The molecule has 4 heteroatoms. The molecule has 0 radical (unpaired) electrons. The Morgan fingerprint density at radius 2 is 1.52 bits per heavy atom. The number of likely N-dealkylation sites (N-methyl/N-ethyl adjacent to an activating group) is 1. The van der Waals surface area contributed by atoms with Crippen LogP contribution >= 0.6 is 12.4 Å². The Morgan fingerprint density at radius 1 is 1.05 bits per heavy atom. The molecule has 0 atom stereocenters. The normalized spacial score (nSPS) is 11.3. The van der Waals surface area contributed by atoms with E-state index in [2.05, 4.69) is 64.1 Å². The first-order valence-corrected chi connectivity index (χ1v) is 7.54. The zero-order valence-electron chi connectivity index (χ0n) is 14.2. The van der Waals surface area contributed by atoms with Crippen molar-refractivity contribution >= 4 is 12.4 Å². The molecule has 0 aliphatic carbocycles. The van der Waals surface area contributed by atoms with Gasteiger partial charge >= 0.3 is 0 Å².